The summed E-state index contributed by atoms with van der Waals surface area (Å²) in [5, 5.41) is 7.56. The van der Waals surface area contributed by atoms with E-state index in [1.807, 2.05) is 7.05 Å². The quantitative estimate of drug-likeness (QED) is 0.471. The molecule has 0 rings (SSSR count). The molecule has 68 valence electrons. The normalized spacial score (nSPS) is 14.5. The molecule has 0 heterocycles. The van der Waals surface area contributed by atoms with E-state index in [1.165, 1.54) is 12.8 Å². The molecular formula is C8H21N3. The standard InChI is InChI=1S/C8H21N3/c1-6-7-8(9-2)11(5)10(3)4/h8-9H,6-7H2,1-5H3. The third kappa shape index (κ3) is 3.70. The van der Waals surface area contributed by atoms with Crippen LogP contribution in [0, 0.1) is 0 Å². The first-order valence-electron chi connectivity index (χ1n) is 4.20. The van der Waals surface area contributed by atoms with Crippen molar-refractivity contribution in [1.29, 1.82) is 0 Å². The Bertz CT molecular complexity index is 93.3. The maximum Gasteiger partial charge on any atom is 0.0729 e. The van der Waals surface area contributed by atoms with Crippen molar-refractivity contribution in [2.45, 2.75) is 25.9 Å². The molecule has 1 atom stereocenters. The molecule has 0 aromatic rings. The molecule has 1 unspecified atom stereocenters. The lowest BCUT2D eigenvalue weighted by atomic mass is 10.3. The van der Waals surface area contributed by atoms with E-state index in [1.54, 1.807) is 0 Å². The molecule has 1 N–H and O–H groups in total. The van der Waals surface area contributed by atoms with Crippen LogP contribution in [0.3, 0.4) is 0 Å². The highest BCUT2D eigenvalue weighted by molar-refractivity contribution is 4.59. The minimum Gasteiger partial charge on any atom is -0.304 e. The minimum atomic E-state index is 0.468. The van der Waals surface area contributed by atoms with E-state index >= 15 is 0 Å². The molecule has 0 radical (unpaired) electrons. The average Bonchev–Trinajstić information content (AvgIpc) is 1.98. The van der Waals surface area contributed by atoms with E-state index in [0.717, 1.165) is 0 Å². The summed E-state index contributed by atoms with van der Waals surface area (Å²) in [5.74, 6) is 0. The molecule has 0 saturated carbocycles. The van der Waals surface area contributed by atoms with Gasteiger partial charge in [-0.15, -0.1) is 0 Å². The van der Waals surface area contributed by atoms with E-state index < -0.39 is 0 Å². The largest absolute Gasteiger partial charge is 0.304 e. The third-order valence-electron chi connectivity index (χ3n) is 1.98. The maximum absolute atomic E-state index is 3.27. The van der Waals surface area contributed by atoms with Gasteiger partial charge in [0.25, 0.3) is 0 Å². The van der Waals surface area contributed by atoms with Crippen LogP contribution in [0.15, 0.2) is 0 Å². The molecule has 0 aromatic heterocycles. The van der Waals surface area contributed by atoms with Gasteiger partial charge < -0.3 is 5.32 Å². The van der Waals surface area contributed by atoms with Crippen LogP contribution in [-0.2, 0) is 0 Å². The Hall–Kier alpha value is -0.120. The van der Waals surface area contributed by atoms with Crippen molar-refractivity contribution in [2.24, 2.45) is 0 Å². The van der Waals surface area contributed by atoms with Crippen molar-refractivity contribution < 1.29 is 0 Å². The van der Waals surface area contributed by atoms with Crippen molar-refractivity contribution in [2.75, 3.05) is 28.2 Å². The van der Waals surface area contributed by atoms with Crippen molar-refractivity contribution in [3.05, 3.63) is 0 Å². The van der Waals surface area contributed by atoms with Gasteiger partial charge in [0.15, 0.2) is 0 Å². The summed E-state index contributed by atoms with van der Waals surface area (Å²) < 4.78 is 0. The second-order valence-corrected chi connectivity index (χ2v) is 3.01. The van der Waals surface area contributed by atoms with E-state index in [-0.39, 0.29) is 0 Å². The summed E-state index contributed by atoms with van der Waals surface area (Å²) in [6, 6.07) is 0. The van der Waals surface area contributed by atoms with Gasteiger partial charge in [-0.25, -0.2) is 10.0 Å². The zero-order valence-electron chi connectivity index (χ0n) is 8.39. The van der Waals surface area contributed by atoms with Crippen LogP contribution in [0.4, 0.5) is 0 Å². The predicted octanol–water partition coefficient (Wildman–Crippen LogP) is 0.740. The van der Waals surface area contributed by atoms with Crippen molar-refractivity contribution >= 4 is 0 Å². The topological polar surface area (TPSA) is 18.5 Å². The van der Waals surface area contributed by atoms with E-state index in [4.69, 9.17) is 0 Å². The minimum absolute atomic E-state index is 0.468. The van der Waals surface area contributed by atoms with Gasteiger partial charge in [-0.3, -0.25) is 0 Å². The summed E-state index contributed by atoms with van der Waals surface area (Å²) in [4.78, 5) is 0. The van der Waals surface area contributed by atoms with Crippen LogP contribution in [0.2, 0.25) is 0 Å². The molecular weight excluding hydrogens is 138 g/mol. The van der Waals surface area contributed by atoms with Crippen LogP contribution in [-0.4, -0.2) is 44.4 Å². The fourth-order valence-corrected chi connectivity index (χ4v) is 1.07. The SMILES string of the molecule is CCCC(NC)N(C)N(C)C. The van der Waals surface area contributed by atoms with E-state index in [0.29, 0.717) is 6.17 Å². The van der Waals surface area contributed by atoms with Crippen molar-refractivity contribution in [3.8, 4) is 0 Å². The molecule has 0 aliphatic heterocycles. The summed E-state index contributed by atoms with van der Waals surface area (Å²) in [6.45, 7) is 2.20. The molecule has 0 aliphatic carbocycles. The van der Waals surface area contributed by atoms with Crippen molar-refractivity contribution in [1.82, 2.24) is 15.3 Å². The van der Waals surface area contributed by atoms with Crippen LogP contribution >= 0.6 is 0 Å². The molecule has 3 heteroatoms. The Morgan fingerprint density at radius 1 is 1.27 bits per heavy atom. The Morgan fingerprint density at radius 3 is 2.09 bits per heavy atom. The molecule has 0 bridgehead atoms. The maximum atomic E-state index is 3.27. The first kappa shape index (κ1) is 10.9. The second kappa shape index (κ2) is 5.52. The van der Waals surface area contributed by atoms with E-state index in [2.05, 4.69) is 43.4 Å². The molecule has 0 saturated heterocycles. The lowest BCUT2D eigenvalue weighted by molar-refractivity contribution is -0.00492. The summed E-state index contributed by atoms with van der Waals surface area (Å²) >= 11 is 0. The zero-order chi connectivity index (χ0) is 8.85. The molecule has 0 aromatic carbocycles. The van der Waals surface area contributed by atoms with Crippen LogP contribution in [0.5, 0.6) is 0 Å². The van der Waals surface area contributed by atoms with Crippen molar-refractivity contribution in [3.63, 3.8) is 0 Å². The van der Waals surface area contributed by atoms with Gasteiger partial charge in [-0.1, -0.05) is 13.3 Å². The average molecular weight is 159 g/mol. The molecule has 11 heavy (non-hydrogen) atoms. The molecule has 0 spiro atoms. The number of hydrogen-bond acceptors (Lipinski definition) is 3. The van der Waals surface area contributed by atoms with Crippen LogP contribution in [0.1, 0.15) is 19.8 Å². The van der Waals surface area contributed by atoms with Gasteiger partial charge in [-0.05, 0) is 13.5 Å². The number of rotatable bonds is 5. The molecule has 0 amide bonds. The van der Waals surface area contributed by atoms with E-state index in [9.17, 15) is 0 Å². The van der Waals surface area contributed by atoms with Crippen LogP contribution in [0.25, 0.3) is 0 Å². The first-order chi connectivity index (χ1) is 5.13. The summed E-state index contributed by atoms with van der Waals surface area (Å²) in [7, 11) is 8.21. The number of hydrazine groups is 1. The first-order valence-corrected chi connectivity index (χ1v) is 4.20. The Labute approximate surface area is 70.3 Å². The summed E-state index contributed by atoms with van der Waals surface area (Å²) in [6.07, 6.45) is 2.87. The second-order valence-electron chi connectivity index (χ2n) is 3.01. The highest BCUT2D eigenvalue weighted by Crippen LogP contribution is 2.01. The van der Waals surface area contributed by atoms with Gasteiger partial charge >= 0.3 is 0 Å². The zero-order valence-corrected chi connectivity index (χ0v) is 8.39. The van der Waals surface area contributed by atoms with Gasteiger partial charge in [0.2, 0.25) is 0 Å². The van der Waals surface area contributed by atoms with Gasteiger partial charge in [0, 0.05) is 21.1 Å². The lowest BCUT2D eigenvalue weighted by Gasteiger charge is -2.32. The molecule has 0 fully saturated rings. The number of hydrogen-bond donors (Lipinski definition) is 1. The molecule has 3 nitrogen and oxygen atoms in total. The Morgan fingerprint density at radius 2 is 1.82 bits per heavy atom. The van der Waals surface area contributed by atoms with Gasteiger partial charge in [0.05, 0.1) is 6.17 Å². The predicted molar refractivity (Wildman–Crippen MR) is 49.2 cm³/mol. The van der Waals surface area contributed by atoms with Gasteiger partial charge in [-0.2, -0.15) is 0 Å². The fraction of sp³-hybridized carbons (Fsp3) is 1.00. The monoisotopic (exact) mass is 159 g/mol. The third-order valence-corrected chi connectivity index (χ3v) is 1.98. The lowest BCUT2D eigenvalue weighted by Crippen LogP contribution is -2.48. The van der Waals surface area contributed by atoms with Gasteiger partial charge in [0.1, 0.15) is 0 Å². The highest BCUT2D eigenvalue weighted by Gasteiger charge is 2.11. The Balaban J connectivity index is 3.81. The molecule has 0 aliphatic rings. The summed E-state index contributed by atoms with van der Waals surface area (Å²) in [5.41, 5.74) is 0. The smallest absolute Gasteiger partial charge is 0.0729 e. The number of nitrogens with one attached hydrogen (secondary N) is 1. The number of nitrogens with zero attached hydrogens (tertiary/aromatic N) is 2. The fourth-order valence-electron chi connectivity index (χ4n) is 1.07. The highest BCUT2D eigenvalue weighted by atomic mass is 15.6. The van der Waals surface area contributed by atoms with Crippen LogP contribution < -0.4 is 5.32 Å². The Kier molecular flexibility index (Phi) is 5.46.